The number of aromatic nitrogens is 1. The van der Waals surface area contributed by atoms with E-state index in [0.29, 0.717) is 32.7 Å². The molecule has 0 amide bonds. The fourth-order valence-corrected chi connectivity index (χ4v) is 3.80. The van der Waals surface area contributed by atoms with E-state index in [1.165, 1.54) is 4.31 Å². The van der Waals surface area contributed by atoms with E-state index < -0.39 is 10.2 Å². The maximum atomic E-state index is 12.4. The first-order valence-electron chi connectivity index (χ1n) is 7.18. The van der Waals surface area contributed by atoms with Crippen molar-refractivity contribution >= 4 is 10.2 Å². The van der Waals surface area contributed by atoms with Crippen molar-refractivity contribution in [2.24, 2.45) is 0 Å². The zero-order chi connectivity index (χ0) is 15.6. The minimum Gasteiger partial charge on any atom is -0.360 e. The molecule has 1 aliphatic rings. The lowest BCUT2D eigenvalue weighted by molar-refractivity contribution is 0.160. The second-order valence-electron chi connectivity index (χ2n) is 5.73. The van der Waals surface area contributed by atoms with Crippen LogP contribution in [-0.2, 0) is 16.8 Å². The standard InChI is InChI=1S/C13H24N4O3S/c1-11(2)15(4)21(18,19)17-7-5-16(6-8-17)10-13-9-12(3)14-20-13/h9,11H,5-8,10H2,1-4H3. The van der Waals surface area contributed by atoms with E-state index in [2.05, 4.69) is 10.1 Å². The smallest absolute Gasteiger partial charge is 0.282 e. The first kappa shape index (κ1) is 16.4. The molecule has 1 aliphatic heterocycles. The van der Waals surface area contributed by atoms with Crippen molar-refractivity contribution < 1.29 is 12.9 Å². The summed E-state index contributed by atoms with van der Waals surface area (Å²) in [4.78, 5) is 2.18. The van der Waals surface area contributed by atoms with Crippen LogP contribution in [0.1, 0.15) is 25.3 Å². The third-order valence-electron chi connectivity index (χ3n) is 3.80. The highest BCUT2D eigenvalue weighted by Gasteiger charge is 2.31. The van der Waals surface area contributed by atoms with Gasteiger partial charge in [0.1, 0.15) is 0 Å². The van der Waals surface area contributed by atoms with Gasteiger partial charge in [0, 0.05) is 45.3 Å². The van der Waals surface area contributed by atoms with E-state index in [1.807, 2.05) is 26.8 Å². The Balaban J connectivity index is 1.91. The molecule has 21 heavy (non-hydrogen) atoms. The van der Waals surface area contributed by atoms with Crippen LogP contribution in [0, 0.1) is 6.92 Å². The van der Waals surface area contributed by atoms with Crippen molar-refractivity contribution in [3.63, 3.8) is 0 Å². The summed E-state index contributed by atoms with van der Waals surface area (Å²) in [6, 6.07) is 1.88. The van der Waals surface area contributed by atoms with Crippen molar-refractivity contribution in [2.45, 2.75) is 33.4 Å². The molecule has 1 aromatic heterocycles. The van der Waals surface area contributed by atoms with Crippen molar-refractivity contribution in [2.75, 3.05) is 33.2 Å². The van der Waals surface area contributed by atoms with Gasteiger partial charge in [-0.3, -0.25) is 4.90 Å². The third kappa shape index (κ3) is 3.82. The normalized spacial score (nSPS) is 18.8. The van der Waals surface area contributed by atoms with Gasteiger partial charge < -0.3 is 4.52 Å². The van der Waals surface area contributed by atoms with Gasteiger partial charge in [-0.2, -0.15) is 17.0 Å². The molecular formula is C13H24N4O3S. The average Bonchev–Trinajstić information content (AvgIpc) is 2.83. The van der Waals surface area contributed by atoms with Gasteiger partial charge in [0.25, 0.3) is 10.2 Å². The number of rotatable bonds is 5. The predicted octanol–water partition coefficient (Wildman–Crippen LogP) is 0.686. The molecule has 1 fully saturated rings. The van der Waals surface area contributed by atoms with Gasteiger partial charge >= 0.3 is 0 Å². The summed E-state index contributed by atoms with van der Waals surface area (Å²) in [6.07, 6.45) is 0. The molecule has 0 N–H and O–H groups in total. The number of hydrogen-bond donors (Lipinski definition) is 0. The summed E-state index contributed by atoms with van der Waals surface area (Å²) >= 11 is 0. The largest absolute Gasteiger partial charge is 0.360 e. The Kier molecular flexibility index (Phi) is 5.03. The molecule has 0 aromatic carbocycles. The number of nitrogens with zero attached hydrogens (tertiary/aromatic N) is 4. The Morgan fingerprint density at radius 3 is 2.43 bits per heavy atom. The van der Waals surface area contributed by atoms with E-state index in [0.717, 1.165) is 11.5 Å². The summed E-state index contributed by atoms with van der Waals surface area (Å²) in [5, 5.41) is 3.86. The molecule has 1 aromatic rings. The maximum Gasteiger partial charge on any atom is 0.282 e. The van der Waals surface area contributed by atoms with Crippen LogP contribution in [0.2, 0.25) is 0 Å². The lowest BCUT2D eigenvalue weighted by atomic mass is 10.3. The van der Waals surface area contributed by atoms with Crippen molar-refractivity contribution in [1.82, 2.24) is 18.7 Å². The van der Waals surface area contributed by atoms with Crippen molar-refractivity contribution in [3.05, 3.63) is 17.5 Å². The molecule has 0 radical (unpaired) electrons. The molecule has 7 nitrogen and oxygen atoms in total. The molecule has 8 heteroatoms. The maximum absolute atomic E-state index is 12.4. The molecule has 2 heterocycles. The van der Waals surface area contributed by atoms with Gasteiger partial charge in [-0.1, -0.05) is 5.16 Å². The second kappa shape index (κ2) is 6.43. The lowest BCUT2D eigenvalue weighted by Crippen LogP contribution is -2.53. The highest BCUT2D eigenvalue weighted by atomic mass is 32.2. The van der Waals surface area contributed by atoms with E-state index in [9.17, 15) is 8.42 Å². The van der Waals surface area contributed by atoms with Gasteiger partial charge in [0.05, 0.1) is 12.2 Å². The SMILES string of the molecule is Cc1cc(CN2CCN(S(=O)(=O)N(C)C(C)C)CC2)on1. The molecule has 1 saturated heterocycles. The van der Waals surface area contributed by atoms with Gasteiger partial charge in [-0.25, -0.2) is 0 Å². The zero-order valence-corrected chi connectivity index (χ0v) is 13.9. The molecular weight excluding hydrogens is 292 g/mol. The number of hydrogen-bond acceptors (Lipinski definition) is 5. The van der Waals surface area contributed by atoms with Crippen molar-refractivity contribution in [3.8, 4) is 0 Å². The van der Waals surface area contributed by atoms with Crippen molar-refractivity contribution in [1.29, 1.82) is 0 Å². The van der Waals surface area contributed by atoms with E-state index in [1.54, 1.807) is 11.4 Å². The molecule has 0 atom stereocenters. The Bertz CT molecular complexity index is 562. The summed E-state index contributed by atoms with van der Waals surface area (Å²) in [7, 11) is -1.72. The third-order valence-corrected chi connectivity index (χ3v) is 5.97. The topological polar surface area (TPSA) is 69.9 Å². The molecule has 2 rings (SSSR count). The first-order valence-corrected chi connectivity index (χ1v) is 8.58. The molecule has 0 unspecified atom stereocenters. The molecule has 0 spiro atoms. The van der Waals surface area contributed by atoms with Crippen LogP contribution in [0.25, 0.3) is 0 Å². The number of piperazine rings is 1. The Labute approximate surface area is 126 Å². The van der Waals surface area contributed by atoms with E-state index in [-0.39, 0.29) is 6.04 Å². The second-order valence-corrected chi connectivity index (χ2v) is 7.72. The zero-order valence-electron chi connectivity index (χ0n) is 13.1. The average molecular weight is 316 g/mol. The minimum absolute atomic E-state index is 0.0369. The fourth-order valence-electron chi connectivity index (χ4n) is 2.28. The van der Waals surface area contributed by atoms with Gasteiger partial charge in [0.15, 0.2) is 5.76 Å². The molecule has 0 aliphatic carbocycles. The van der Waals surface area contributed by atoms with Crippen LogP contribution in [0.3, 0.4) is 0 Å². The van der Waals surface area contributed by atoms with E-state index >= 15 is 0 Å². The quantitative estimate of drug-likeness (QED) is 0.799. The highest BCUT2D eigenvalue weighted by molar-refractivity contribution is 7.86. The Morgan fingerprint density at radius 2 is 1.95 bits per heavy atom. The van der Waals surface area contributed by atoms with Crippen LogP contribution >= 0.6 is 0 Å². The highest BCUT2D eigenvalue weighted by Crippen LogP contribution is 2.15. The van der Waals surface area contributed by atoms with Crippen LogP contribution in [0.4, 0.5) is 0 Å². The number of aryl methyl sites for hydroxylation is 1. The summed E-state index contributed by atoms with van der Waals surface area (Å²) in [5.74, 6) is 0.822. The molecule has 0 bridgehead atoms. The lowest BCUT2D eigenvalue weighted by Gasteiger charge is -2.36. The first-order chi connectivity index (χ1) is 9.80. The monoisotopic (exact) mass is 316 g/mol. The van der Waals surface area contributed by atoms with Crippen LogP contribution in [-0.4, -0.2) is 66.4 Å². The van der Waals surface area contributed by atoms with Gasteiger partial charge in [-0.05, 0) is 20.8 Å². The Morgan fingerprint density at radius 1 is 1.33 bits per heavy atom. The summed E-state index contributed by atoms with van der Waals surface area (Å²) in [6.45, 7) is 8.73. The fraction of sp³-hybridized carbons (Fsp3) is 0.769. The Hall–Kier alpha value is -0.960. The van der Waals surface area contributed by atoms with Crippen LogP contribution in [0.15, 0.2) is 10.6 Å². The molecule has 120 valence electrons. The minimum atomic E-state index is -3.35. The van der Waals surface area contributed by atoms with E-state index in [4.69, 9.17) is 4.52 Å². The van der Waals surface area contributed by atoms with Crippen LogP contribution < -0.4 is 0 Å². The molecule has 0 saturated carbocycles. The van der Waals surface area contributed by atoms with Crippen LogP contribution in [0.5, 0.6) is 0 Å². The summed E-state index contributed by atoms with van der Waals surface area (Å²) < 4.78 is 33.0. The summed E-state index contributed by atoms with van der Waals surface area (Å²) in [5.41, 5.74) is 0.866. The van der Waals surface area contributed by atoms with Gasteiger partial charge in [-0.15, -0.1) is 0 Å². The van der Waals surface area contributed by atoms with Gasteiger partial charge in [0.2, 0.25) is 0 Å². The predicted molar refractivity (Wildman–Crippen MR) is 79.9 cm³/mol.